The molecule has 0 amide bonds. The van der Waals surface area contributed by atoms with Crippen LogP contribution in [-0.2, 0) is 9.53 Å². The van der Waals surface area contributed by atoms with Crippen molar-refractivity contribution in [2.75, 3.05) is 13.7 Å². The maximum absolute atomic E-state index is 10.3. The van der Waals surface area contributed by atoms with Crippen LogP contribution in [0.5, 0.6) is 0 Å². The van der Waals surface area contributed by atoms with Crippen molar-refractivity contribution in [3.8, 4) is 0 Å². The molecule has 0 aliphatic heterocycles. The van der Waals surface area contributed by atoms with Crippen molar-refractivity contribution in [3.05, 3.63) is 0 Å². The minimum absolute atomic E-state index is 0.242. The molecular weight excluding hydrogens is 241 g/mol. The molecule has 3 nitrogen and oxygen atoms in total. The van der Waals surface area contributed by atoms with E-state index >= 15 is 0 Å². The summed E-state index contributed by atoms with van der Waals surface area (Å²) < 4.78 is 7.06. The van der Waals surface area contributed by atoms with Gasteiger partial charge in [0.1, 0.15) is 6.54 Å². The number of esters is 1. The van der Waals surface area contributed by atoms with Gasteiger partial charge in [-0.2, -0.15) is 0 Å². The normalized spacial score (nSPS) is 8.75. The van der Waals surface area contributed by atoms with E-state index < -0.39 is 0 Å². The Hall–Kier alpha value is 0.510. The summed E-state index contributed by atoms with van der Waals surface area (Å²) in [6.45, 7) is 0.268. The van der Waals surface area contributed by atoms with Crippen molar-refractivity contribution in [2.45, 2.75) is 0 Å². The molecule has 0 saturated carbocycles. The second-order valence-electron chi connectivity index (χ2n) is 0.974. The van der Waals surface area contributed by atoms with Crippen LogP contribution >= 0.6 is 30.3 Å². The molecule has 0 aromatic carbocycles. The Morgan fingerprint density at radius 2 is 2.62 bits per heavy atom. The number of hydrogen-bond donors (Lipinski definition) is 1. The maximum atomic E-state index is 10.3. The third-order valence-corrected chi connectivity index (χ3v) is 1.69. The monoisotopic (exact) mass is 247 g/mol. The first-order valence-electron chi connectivity index (χ1n) is 1.88. The Morgan fingerprint density at radius 3 is 3.00 bits per heavy atom. The van der Waals surface area contributed by atoms with Crippen LogP contribution in [-0.4, -0.2) is 19.6 Å². The van der Waals surface area contributed by atoms with Crippen molar-refractivity contribution < 1.29 is 9.53 Å². The molecule has 0 saturated heterocycles. The number of carbonyl (C=O) groups excluding carboxylic acids is 1. The van der Waals surface area contributed by atoms with Crippen molar-refractivity contribution in [1.29, 1.82) is 0 Å². The lowest BCUT2D eigenvalue weighted by Gasteiger charge is -1.94. The Labute approximate surface area is 64.3 Å². The van der Waals surface area contributed by atoms with Gasteiger partial charge >= 0.3 is 5.97 Å². The molecule has 0 radical (unpaired) electrons. The molecule has 0 aromatic heterocycles. The van der Waals surface area contributed by atoms with Gasteiger partial charge in [-0.05, 0) is 9.12 Å². The fourth-order valence-corrected chi connectivity index (χ4v) is 0.798. The Morgan fingerprint density at radius 1 is 2.00 bits per heavy atom. The van der Waals surface area contributed by atoms with Crippen LogP contribution in [0.2, 0.25) is 0 Å². The van der Waals surface area contributed by atoms with Gasteiger partial charge in [0.2, 0.25) is 0 Å². The molecular formula is C3H6INO2S. The summed E-state index contributed by atoms with van der Waals surface area (Å²) in [6.07, 6.45) is 0. The van der Waals surface area contributed by atoms with E-state index in [2.05, 4.69) is 9.46 Å². The highest BCUT2D eigenvalue weighted by molar-refractivity contribution is 14.2. The lowest BCUT2D eigenvalue weighted by Crippen LogP contribution is -2.16. The van der Waals surface area contributed by atoms with Crippen LogP contribution in [0.3, 0.4) is 0 Å². The van der Waals surface area contributed by atoms with E-state index in [4.69, 9.17) is 0 Å². The summed E-state index contributed by atoms with van der Waals surface area (Å²) in [6, 6.07) is 0. The van der Waals surface area contributed by atoms with Gasteiger partial charge in [0.25, 0.3) is 0 Å². The zero-order valence-corrected chi connectivity index (χ0v) is 7.28. The third kappa shape index (κ3) is 4.66. The number of halogens is 1. The average molecular weight is 247 g/mol. The molecule has 0 spiro atoms. The predicted octanol–water partition coefficient (Wildman–Crippen LogP) is 0.747. The fourth-order valence-electron chi connectivity index (χ4n) is 0.158. The van der Waals surface area contributed by atoms with Gasteiger partial charge in [-0.25, -0.2) is 4.72 Å². The van der Waals surface area contributed by atoms with Gasteiger partial charge in [0.15, 0.2) is 0 Å². The van der Waals surface area contributed by atoms with Crippen LogP contribution in [0.1, 0.15) is 0 Å². The topological polar surface area (TPSA) is 38.3 Å². The van der Waals surface area contributed by atoms with Crippen molar-refractivity contribution in [2.24, 2.45) is 0 Å². The van der Waals surface area contributed by atoms with Crippen molar-refractivity contribution in [1.82, 2.24) is 4.72 Å². The van der Waals surface area contributed by atoms with Gasteiger partial charge < -0.3 is 4.74 Å². The standard InChI is InChI=1S/C3H6INO2S/c1-7-3(6)2-5-8-4/h5H,2H2,1H3. The quantitative estimate of drug-likeness (QED) is 0.453. The summed E-state index contributed by atoms with van der Waals surface area (Å²) in [5, 5.41) is 0. The zero-order valence-electron chi connectivity index (χ0n) is 4.31. The van der Waals surface area contributed by atoms with Gasteiger partial charge in [0.05, 0.1) is 7.11 Å². The smallest absolute Gasteiger partial charge is 0.320 e. The van der Waals surface area contributed by atoms with E-state index in [1.807, 2.05) is 21.2 Å². The van der Waals surface area contributed by atoms with Crippen molar-refractivity contribution in [3.63, 3.8) is 0 Å². The SMILES string of the molecule is COC(=O)CNSI. The first-order valence-corrected chi connectivity index (χ1v) is 5.24. The lowest BCUT2D eigenvalue weighted by atomic mass is 10.7. The molecule has 1 N–H and O–H groups in total. The largest absolute Gasteiger partial charge is 0.468 e. The van der Waals surface area contributed by atoms with Crippen LogP contribution < -0.4 is 4.72 Å². The van der Waals surface area contributed by atoms with Crippen LogP contribution in [0.4, 0.5) is 0 Å². The molecule has 0 fully saturated rings. The number of ether oxygens (including phenoxy) is 1. The van der Waals surface area contributed by atoms with Gasteiger partial charge in [-0.3, -0.25) is 4.79 Å². The van der Waals surface area contributed by atoms with E-state index in [9.17, 15) is 4.79 Å². The molecule has 48 valence electrons. The van der Waals surface area contributed by atoms with Gasteiger partial charge in [-0.1, -0.05) is 0 Å². The second-order valence-corrected chi connectivity index (χ2v) is 2.74. The van der Waals surface area contributed by atoms with Gasteiger partial charge in [-0.15, -0.1) is 0 Å². The van der Waals surface area contributed by atoms with Crippen LogP contribution in [0.15, 0.2) is 0 Å². The van der Waals surface area contributed by atoms with Crippen LogP contribution in [0, 0.1) is 0 Å². The summed E-state index contributed by atoms with van der Waals surface area (Å²) in [7, 11) is 2.73. The maximum Gasteiger partial charge on any atom is 0.320 e. The molecule has 0 aromatic rings. The van der Waals surface area contributed by atoms with Gasteiger partial charge in [0, 0.05) is 21.2 Å². The van der Waals surface area contributed by atoms with E-state index in [1.54, 1.807) is 0 Å². The third-order valence-electron chi connectivity index (χ3n) is 0.499. The van der Waals surface area contributed by atoms with Crippen molar-refractivity contribution >= 4 is 36.3 Å². The lowest BCUT2D eigenvalue weighted by molar-refractivity contribution is -0.139. The molecule has 0 atom stereocenters. The molecule has 0 aliphatic rings. The molecule has 5 heteroatoms. The Bertz CT molecular complexity index is 79.7. The molecule has 0 aliphatic carbocycles. The highest BCUT2D eigenvalue weighted by Gasteiger charge is 1.94. The van der Waals surface area contributed by atoms with E-state index in [1.165, 1.54) is 16.2 Å². The number of rotatable bonds is 3. The molecule has 8 heavy (non-hydrogen) atoms. The predicted molar refractivity (Wildman–Crippen MR) is 41.6 cm³/mol. The number of methoxy groups -OCH3 is 1. The molecule has 0 heterocycles. The number of carbonyl (C=O) groups is 1. The summed E-state index contributed by atoms with van der Waals surface area (Å²) in [5.74, 6) is -0.242. The zero-order chi connectivity index (χ0) is 6.41. The highest BCUT2D eigenvalue weighted by atomic mass is 127. The summed E-state index contributed by atoms with van der Waals surface area (Å²) in [5.41, 5.74) is 0. The summed E-state index contributed by atoms with van der Waals surface area (Å²) >= 11 is 2.03. The number of hydrogen-bond acceptors (Lipinski definition) is 4. The van der Waals surface area contributed by atoms with E-state index in [0.717, 1.165) is 0 Å². The highest BCUT2D eigenvalue weighted by Crippen LogP contribution is 2.02. The first-order chi connectivity index (χ1) is 3.81. The second kappa shape index (κ2) is 5.64. The molecule has 0 rings (SSSR count). The van der Waals surface area contributed by atoms with E-state index in [0.29, 0.717) is 0 Å². The van der Waals surface area contributed by atoms with E-state index in [-0.39, 0.29) is 12.5 Å². The minimum Gasteiger partial charge on any atom is -0.468 e. The van der Waals surface area contributed by atoms with Crippen LogP contribution in [0.25, 0.3) is 0 Å². The first kappa shape index (κ1) is 8.51. The number of nitrogens with one attached hydrogen (secondary N) is 1. The average Bonchev–Trinajstić information content (AvgIpc) is 1.83. The summed E-state index contributed by atoms with van der Waals surface area (Å²) in [4.78, 5) is 10.3. The fraction of sp³-hybridized carbons (Fsp3) is 0.667. The Kier molecular flexibility index (Phi) is 6.00. The molecule has 0 bridgehead atoms. The molecule has 0 unspecified atom stereocenters. The minimum atomic E-state index is -0.242. The Balaban J connectivity index is 2.99.